The van der Waals surface area contributed by atoms with Crippen molar-refractivity contribution >= 4 is 29.6 Å². The van der Waals surface area contributed by atoms with Crippen LogP contribution in [0.4, 0.5) is 22.0 Å². The number of nitrogens with zero attached hydrogens (tertiary/aromatic N) is 3. The molecule has 2 aromatic carbocycles. The zero-order valence-electron chi connectivity index (χ0n) is 29.7. The second-order valence-corrected chi connectivity index (χ2v) is 14.9. The minimum atomic E-state index is -5.08. The fraction of sp³-hybridized carbons (Fsp3) is 0.500. The van der Waals surface area contributed by atoms with Crippen LogP contribution in [0.25, 0.3) is 11.3 Å². The predicted octanol–water partition coefficient (Wildman–Crippen LogP) is 7.63. The summed E-state index contributed by atoms with van der Waals surface area (Å²) in [5, 5.41) is 7.12. The number of nitrogens with two attached hydrogens (primary N) is 1. The van der Waals surface area contributed by atoms with Gasteiger partial charge in [0, 0.05) is 43.6 Å². The summed E-state index contributed by atoms with van der Waals surface area (Å²) in [5.74, 6) is -2.80. The van der Waals surface area contributed by atoms with E-state index in [1.165, 1.54) is 11.8 Å². The number of alkyl halides is 3. The van der Waals surface area contributed by atoms with Crippen molar-refractivity contribution in [3.63, 3.8) is 0 Å². The number of halogens is 5. The fourth-order valence-corrected chi connectivity index (χ4v) is 5.69. The number of aromatic nitrogens is 2. The summed E-state index contributed by atoms with van der Waals surface area (Å²) in [5.41, 5.74) is 5.98. The first-order valence-corrected chi connectivity index (χ1v) is 17.4. The van der Waals surface area contributed by atoms with E-state index >= 15 is 0 Å². The monoisotopic (exact) mass is 742 g/mol. The first-order chi connectivity index (χ1) is 23.6. The van der Waals surface area contributed by atoms with E-state index < -0.39 is 40.8 Å². The zero-order chi connectivity index (χ0) is 38.6. The molecule has 15 heteroatoms. The van der Waals surface area contributed by atoms with Crippen molar-refractivity contribution in [3.05, 3.63) is 77.8 Å². The molecular weight excluding hydrogens is 695 g/mol. The van der Waals surface area contributed by atoms with E-state index in [1.807, 2.05) is 81.3 Å². The minimum Gasteiger partial charge on any atom is -0.475 e. The molecule has 9 nitrogen and oxygen atoms in total. The van der Waals surface area contributed by atoms with Crippen molar-refractivity contribution in [1.29, 1.82) is 0 Å². The van der Waals surface area contributed by atoms with Gasteiger partial charge in [-0.3, -0.25) is 9.59 Å². The third kappa shape index (κ3) is 14.6. The molecule has 0 aliphatic rings. The van der Waals surface area contributed by atoms with Crippen LogP contribution in [0.2, 0.25) is 0 Å². The van der Waals surface area contributed by atoms with Crippen molar-refractivity contribution in [1.82, 2.24) is 14.5 Å². The standard InChI is InChI=1S/C34H46F2N4O3S.C2HF3O2/c1-33(2,3)31(40(29(41)23-44-19-17-37)18-11-10-14-30(42)43-34(4,5)6)32-38-28(26-20-25(35)15-16-27(26)36)22-39(32)21-24-12-8-7-9-13-24;3-2(4,5)1(6)7/h7-9,12-13,15-16,20,22,31H,10-11,14,17-19,21,23,37H2,1-6H3;(H,6,7). The smallest absolute Gasteiger partial charge is 0.475 e. The van der Waals surface area contributed by atoms with Crippen LogP contribution in [-0.2, 0) is 25.7 Å². The SMILES string of the molecule is CC(C)(C)OC(=O)CCCCN(C(=O)CSCCN)C(c1nc(-c2cc(F)ccc2F)cn1Cc1ccccc1)C(C)(C)C.O=C(O)C(F)(F)F. The molecule has 0 radical (unpaired) electrons. The van der Waals surface area contributed by atoms with Crippen LogP contribution < -0.4 is 5.73 Å². The second kappa shape index (κ2) is 19.0. The van der Waals surface area contributed by atoms with Gasteiger partial charge in [-0.1, -0.05) is 51.1 Å². The van der Waals surface area contributed by atoms with Gasteiger partial charge in [-0.2, -0.15) is 24.9 Å². The van der Waals surface area contributed by atoms with Crippen molar-refractivity contribution in [3.8, 4) is 11.3 Å². The molecule has 0 aliphatic heterocycles. The number of hydrogen-bond acceptors (Lipinski definition) is 7. The van der Waals surface area contributed by atoms with Crippen molar-refractivity contribution in [2.24, 2.45) is 11.1 Å². The van der Waals surface area contributed by atoms with Gasteiger partial charge >= 0.3 is 18.1 Å². The van der Waals surface area contributed by atoms with Crippen LogP contribution in [-0.4, -0.2) is 73.8 Å². The Morgan fingerprint density at radius 1 is 1.00 bits per heavy atom. The molecule has 1 aromatic heterocycles. The highest BCUT2D eigenvalue weighted by Gasteiger charge is 2.39. The zero-order valence-corrected chi connectivity index (χ0v) is 30.5. The molecule has 1 unspecified atom stereocenters. The van der Waals surface area contributed by atoms with Gasteiger partial charge in [-0.25, -0.2) is 18.6 Å². The number of hydrogen-bond donors (Lipinski definition) is 2. The number of aliphatic carboxylic acids is 1. The number of carbonyl (C=O) groups is 3. The maximum absolute atomic E-state index is 15.0. The molecular formula is C36H47F5N4O5S. The van der Waals surface area contributed by atoms with Crippen molar-refractivity contribution < 1.29 is 46.2 Å². The topological polar surface area (TPSA) is 128 Å². The lowest BCUT2D eigenvalue weighted by molar-refractivity contribution is -0.192. The van der Waals surface area contributed by atoms with Crippen LogP contribution in [0.5, 0.6) is 0 Å². The summed E-state index contributed by atoms with van der Waals surface area (Å²) in [6.45, 7) is 12.9. The van der Waals surface area contributed by atoms with Gasteiger partial charge in [-0.05, 0) is 62.8 Å². The number of ether oxygens (including phenoxy) is 1. The minimum absolute atomic E-state index is 0.0551. The summed E-state index contributed by atoms with van der Waals surface area (Å²) < 4.78 is 68.3. The third-order valence-electron chi connectivity index (χ3n) is 7.08. The van der Waals surface area contributed by atoms with E-state index in [1.54, 1.807) is 6.20 Å². The third-order valence-corrected chi connectivity index (χ3v) is 8.06. The van der Waals surface area contributed by atoms with Gasteiger partial charge in [0.15, 0.2) is 0 Å². The van der Waals surface area contributed by atoms with E-state index in [-0.39, 0.29) is 35.3 Å². The van der Waals surface area contributed by atoms with Crippen molar-refractivity contribution in [2.45, 2.75) is 85.2 Å². The highest BCUT2D eigenvalue weighted by molar-refractivity contribution is 7.99. The lowest BCUT2D eigenvalue weighted by Gasteiger charge is -2.40. The van der Waals surface area contributed by atoms with E-state index in [2.05, 4.69) is 0 Å². The first-order valence-electron chi connectivity index (χ1n) is 16.3. The lowest BCUT2D eigenvalue weighted by atomic mass is 9.84. The molecule has 1 heterocycles. The van der Waals surface area contributed by atoms with Gasteiger partial charge in [0.25, 0.3) is 0 Å². The molecule has 282 valence electrons. The highest BCUT2D eigenvalue weighted by Crippen LogP contribution is 2.40. The Morgan fingerprint density at radius 2 is 1.63 bits per heavy atom. The molecule has 0 bridgehead atoms. The number of carboxylic acids is 1. The van der Waals surface area contributed by atoms with Gasteiger partial charge < -0.3 is 25.0 Å². The van der Waals surface area contributed by atoms with Crippen LogP contribution in [0, 0.1) is 17.0 Å². The van der Waals surface area contributed by atoms with Gasteiger partial charge in [0.05, 0.1) is 17.5 Å². The number of rotatable bonds is 14. The number of imidazole rings is 1. The molecule has 0 saturated heterocycles. The molecule has 0 saturated carbocycles. The molecule has 51 heavy (non-hydrogen) atoms. The average molecular weight is 743 g/mol. The van der Waals surface area contributed by atoms with Gasteiger partial charge in [0.1, 0.15) is 23.1 Å². The Labute approximate surface area is 299 Å². The number of amides is 1. The fourth-order valence-electron chi connectivity index (χ4n) is 5.04. The highest BCUT2D eigenvalue weighted by atomic mass is 32.2. The largest absolute Gasteiger partial charge is 0.490 e. The van der Waals surface area contributed by atoms with Crippen LogP contribution in [0.1, 0.15) is 78.2 Å². The Bertz CT molecular complexity index is 1590. The first kappa shape index (κ1) is 43.2. The van der Waals surface area contributed by atoms with Crippen LogP contribution in [0.3, 0.4) is 0 Å². The maximum atomic E-state index is 15.0. The Hall–Kier alpha value is -3.98. The summed E-state index contributed by atoms with van der Waals surface area (Å²) in [6.07, 6.45) is -1.99. The van der Waals surface area contributed by atoms with Crippen LogP contribution in [0.15, 0.2) is 54.7 Å². The number of thioether (sulfide) groups is 1. The van der Waals surface area contributed by atoms with E-state index in [0.717, 1.165) is 23.8 Å². The normalized spacial score (nSPS) is 12.5. The number of benzene rings is 2. The van der Waals surface area contributed by atoms with Gasteiger partial charge in [-0.15, -0.1) is 0 Å². The summed E-state index contributed by atoms with van der Waals surface area (Å²) in [6, 6.07) is 12.6. The number of carboxylic acid groups (broad SMARTS) is 1. The Kier molecular flexibility index (Phi) is 16.1. The number of carbonyl (C=O) groups excluding carboxylic acids is 2. The number of esters is 1. The quantitative estimate of drug-likeness (QED) is 0.0981. The lowest BCUT2D eigenvalue weighted by Crippen LogP contribution is -2.44. The maximum Gasteiger partial charge on any atom is 0.490 e. The number of unbranched alkanes of at least 4 members (excludes halogenated alkanes) is 1. The van der Waals surface area contributed by atoms with Gasteiger partial charge in [0.2, 0.25) is 5.91 Å². The molecule has 3 N–H and O–H groups in total. The second-order valence-electron chi connectivity index (χ2n) is 13.8. The summed E-state index contributed by atoms with van der Waals surface area (Å²) in [4.78, 5) is 41.8. The van der Waals surface area contributed by atoms with E-state index in [0.29, 0.717) is 44.1 Å². The molecule has 0 fully saturated rings. The molecule has 1 atom stereocenters. The van der Waals surface area contributed by atoms with E-state index in [4.69, 9.17) is 25.4 Å². The Balaban J connectivity index is 0.00000116. The Morgan fingerprint density at radius 3 is 2.18 bits per heavy atom. The summed E-state index contributed by atoms with van der Waals surface area (Å²) in [7, 11) is 0. The summed E-state index contributed by atoms with van der Waals surface area (Å²) >= 11 is 1.47. The predicted molar refractivity (Wildman–Crippen MR) is 187 cm³/mol. The molecule has 1 amide bonds. The van der Waals surface area contributed by atoms with E-state index in [9.17, 15) is 31.5 Å². The molecule has 0 aliphatic carbocycles. The van der Waals surface area contributed by atoms with Crippen LogP contribution >= 0.6 is 11.8 Å². The molecule has 3 aromatic rings. The molecule has 3 rings (SSSR count). The molecule has 0 spiro atoms. The average Bonchev–Trinajstić information content (AvgIpc) is 3.41. The van der Waals surface area contributed by atoms with Crippen molar-refractivity contribution in [2.75, 3.05) is 24.6 Å².